The number of ether oxygens (including phenoxy) is 3. The molecule has 0 heterocycles. The van der Waals surface area contributed by atoms with Gasteiger partial charge in [-0.3, -0.25) is 14.4 Å². The Morgan fingerprint density at radius 3 is 0.938 bits per heavy atom. The van der Waals surface area contributed by atoms with Crippen LogP contribution in [0.4, 0.5) is 0 Å². The summed E-state index contributed by atoms with van der Waals surface area (Å²) >= 11 is 0. The van der Waals surface area contributed by atoms with Crippen molar-refractivity contribution in [2.45, 2.75) is 207 Å². The quantitative estimate of drug-likeness (QED) is 0.0262. The molecule has 0 aromatic carbocycles. The van der Waals surface area contributed by atoms with Gasteiger partial charge in [0.25, 0.3) is 0 Å². The molecule has 0 aromatic rings. The molecule has 0 aliphatic heterocycles. The maximum absolute atomic E-state index is 12.8. The summed E-state index contributed by atoms with van der Waals surface area (Å²) in [6.07, 6.45) is 73.0. The smallest absolute Gasteiger partial charge is 0.306 e. The Balaban J connectivity index is 4.56. The number of unbranched alkanes of at least 4 members (excludes halogenated alkanes) is 11. The Hall–Kier alpha value is -4.45. The predicted octanol–water partition coefficient (Wildman–Crippen LogP) is 17.1. The minimum atomic E-state index is -0.823. The fraction of sp³-hybridized carbons (Fsp3) is 0.576. The minimum Gasteiger partial charge on any atom is -0.462 e. The van der Waals surface area contributed by atoms with Gasteiger partial charge in [0.05, 0.1) is 0 Å². The van der Waals surface area contributed by atoms with Crippen LogP contribution in [0.5, 0.6) is 0 Å². The molecule has 0 rings (SSSR count). The number of hydrogen-bond acceptors (Lipinski definition) is 6. The van der Waals surface area contributed by atoms with Crippen molar-refractivity contribution in [1.82, 2.24) is 0 Å². The summed E-state index contributed by atoms with van der Waals surface area (Å²) in [5, 5.41) is 0. The molecule has 0 aliphatic carbocycles. The van der Waals surface area contributed by atoms with Crippen LogP contribution in [0, 0.1) is 0 Å². The van der Waals surface area contributed by atoms with E-state index in [-0.39, 0.29) is 37.5 Å². The molecule has 0 aliphatic rings. The van der Waals surface area contributed by atoms with Gasteiger partial charge in [-0.1, -0.05) is 193 Å². The predicted molar refractivity (Wildman–Crippen MR) is 279 cm³/mol. The lowest BCUT2D eigenvalue weighted by atomic mass is 10.1. The molecule has 0 fully saturated rings. The van der Waals surface area contributed by atoms with Gasteiger partial charge in [0, 0.05) is 19.3 Å². The number of rotatable bonds is 44. The van der Waals surface area contributed by atoms with E-state index in [9.17, 15) is 14.4 Å². The zero-order chi connectivity index (χ0) is 47.2. The van der Waals surface area contributed by atoms with Crippen molar-refractivity contribution in [3.05, 3.63) is 134 Å². The van der Waals surface area contributed by atoms with Gasteiger partial charge in [-0.25, -0.2) is 0 Å². The molecular formula is C59H92O6. The van der Waals surface area contributed by atoms with E-state index in [0.717, 1.165) is 135 Å². The lowest BCUT2D eigenvalue weighted by Crippen LogP contribution is -2.30. The summed E-state index contributed by atoms with van der Waals surface area (Å²) in [5.41, 5.74) is 0. The van der Waals surface area contributed by atoms with Crippen molar-refractivity contribution in [2.75, 3.05) is 13.2 Å². The summed E-state index contributed by atoms with van der Waals surface area (Å²) < 4.78 is 16.7. The van der Waals surface area contributed by atoms with Crippen molar-refractivity contribution in [2.24, 2.45) is 0 Å². The third kappa shape index (κ3) is 50.4. The maximum Gasteiger partial charge on any atom is 0.306 e. The van der Waals surface area contributed by atoms with E-state index in [1.54, 1.807) is 0 Å². The normalized spacial score (nSPS) is 13.2. The molecule has 6 heteroatoms. The highest BCUT2D eigenvalue weighted by atomic mass is 16.6. The molecule has 0 saturated heterocycles. The Bertz CT molecular complexity index is 1450. The molecule has 0 radical (unpaired) electrons. The molecule has 65 heavy (non-hydrogen) atoms. The second kappa shape index (κ2) is 52.2. The lowest BCUT2D eigenvalue weighted by Gasteiger charge is -2.18. The van der Waals surface area contributed by atoms with Gasteiger partial charge >= 0.3 is 17.9 Å². The first-order valence-electron chi connectivity index (χ1n) is 25.7. The maximum atomic E-state index is 12.8. The molecule has 1 unspecified atom stereocenters. The van der Waals surface area contributed by atoms with Crippen LogP contribution < -0.4 is 0 Å². The molecule has 0 aromatic heterocycles. The largest absolute Gasteiger partial charge is 0.462 e. The number of esters is 3. The molecule has 6 nitrogen and oxygen atoms in total. The third-order valence-corrected chi connectivity index (χ3v) is 10.1. The van der Waals surface area contributed by atoms with Gasteiger partial charge in [0.15, 0.2) is 6.10 Å². The van der Waals surface area contributed by atoms with Crippen LogP contribution in [0.15, 0.2) is 134 Å². The highest BCUT2D eigenvalue weighted by Crippen LogP contribution is 2.13. The van der Waals surface area contributed by atoms with Crippen LogP contribution in [0.1, 0.15) is 201 Å². The standard InChI is InChI=1S/C59H92O6/c1-4-7-10-13-16-19-22-25-27-29-31-34-37-40-43-46-49-52-58(61)64-55-56(54-63-57(60)51-48-45-42-39-36-33-24-21-18-15-12-9-6-3)65-59(62)53-50-47-44-41-38-35-32-30-28-26-23-20-17-14-11-8-5-2/h7-12,16-21,25-28,31,33-34,36,40,43,56H,4-6,13-15,22-24,29-30,32,35,37-39,41-42,44-55H2,1-3H3/b10-7-,11-8-,12-9-,19-16-,20-17-,21-18-,27-25-,28-26-,34-31-,36-33-,43-40-. The second-order valence-corrected chi connectivity index (χ2v) is 16.3. The molecular weight excluding hydrogens is 805 g/mol. The fourth-order valence-corrected chi connectivity index (χ4v) is 6.39. The van der Waals surface area contributed by atoms with Gasteiger partial charge < -0.3 is 14.2 Å². The second-order valence-electron chi connectivity index (χ2n) is 16.3. The van der Waals surface area contributed by atoms with Crippen molar-refractivity contribution < 1.29 is 28.6 Å². The zero-order valence-electron chi connectivity index (χ0n) is 41.4. The summed E-state index contributed by atoms with van der Waals surface area (Å²) in [4.78, 5) is 38.0. The summed E-state index contributed by atoms with van der Waals surface area (Å²) in [7, 11) is 0. The number of carbonyl (C=O) groups excluding carboxylic acids is 3. The monoisotopic (exact) mass is 897 g/mol. The van der Waals surface area contributed by atoms with E-state index < -0.39 is 6.10 Å². The van der Waals surface area contributed by atoms with Crippen LogP contribution in [-0.2, 0) is 28.6 Å². The van der Waals surface area contributed by atoms with E-state index in [1.807, 2.05) is 0 Å². The van der Waals surface area contributed by atoms with E-state index in [1.165, 1.54) is 19.3 Å². The van der Waals surface area contributed by atoms with Crippen molar-refractivity contribution in [1.29, 1.82) is 0 Å². The SMILES string of the molecule is CC/C=C\C/C=C\C/C=C\C/C=C\C/C=C\CCCC(=O)OCC(COC(=O)CCCCC/C=C\C/C=C\C/C=C\CC)OC(=O)CCCCCCCCC/C=C\C/C=C\C/C=C\CC. The van der Waals surface area contributed by atoms with E-state index in [0.29, 0.717) is 19.3 Å². The topological polar surface area (TPSA) is 78.9 Å². The van der Waals surface area contributed by atoms with Gasteiger partial charge in [-0.05, 0) is 122 Å². The highest BCUT2D eigenvalue weighted by Gasteiger charge is 2.19. The zero-order valence-corrected chi connectivity index (χ0v) is 41.4. The van der Waals surface area contributed by atoms with Crippen molar-refractivity contribution >= 4 is 17.9 Å². The Labute approximate surface area is 398 Å². The molecule has 0 spiro atoms. The first kappa shape index (κ1) is 60.5. The van der Waals surface area contributed by atoms with Crippen molar-refractivity contribution in [3.63, 3.8) is 0 Å². The van der Waals surface area contributed by atoms with Crippen LogP contribution in [0.3, 0.4) is 0 Å². The summed E-state index contributed by atoms with van der Waals surface area (Å²) in [5.74, 6) is -1.03. The van der Waals surface area contributed by atoms with Gasteiger partial charge in [0.1, 0.15) is 13.2 Å². The van der Waals surface area contributed by atoms with Gasteiger partial charge in [-0.2, -0.15) is 0 Å². The van der Waals surface area contributed by atoms with Crippen molar-refractivity contribution in [3.8, 4) is 0 Å². The Morgan fingerprint density at radius 1 is 0.308 bits per heavy atom. The van der Waals surface area contributed by atoms with Crippen LogP contribution in [-0.4, -0.2) is 37.2 Å². The summed E-state index contributed by atoms with van der Waals surface area (Å²) in [6.45, 7) is 6.19. The number of carbonyl (C=O) groups is 3. The Kier molecular flexibility index (Phi) is 48.6. The van der Waals surface area contributed by atoms with Crippen LogP contribution in [0.2, 0.25) is 0 Å². The molecule has 0 saturated carbocycles. The molecule has 1 atom stereocenters. The lowest BCUT2D eigenvalue weighted by molar-refractivity contribution is -0.167. The van der Waals surface area contributed by atoms with Crippen LogP contribution in [0.25, 0.3) is 0 Å². The fourth-order valence-electron chi connectivity index (χ4n) is 6.39. The first-order chi connectivity index (χ1) is 32.0. The molecule has 0 N–H and O–H groups in total. The highest BCUT2D eigenvalue weighted by molar-refractivity contribution is 5.71. The minimum absolute atomic E-state index is 0.120. The number of hydrogen-bond donors (Lipinski definition) is 0. The van der Waals surface area contributed by atoms with E-state index >= 15 is 0 Å². The Morgan fingerprint density at radius 2 is 0.569 bits per heavy atom. The van der Waals surface area contributed by atoms with E-state index in [4.69, 9.17) is 14.2 Å². The first-order valence-corrected chi connectivity index (χ1v) is 25.7. The molecule has 364 valence electrons. The average molecular weight is 897 g/mol. The van der Waals surface area contributed by atoms with Gasteiger partial charge in [-0.15, -0.1) is 0 Å². The summed E-state index contributed by atoms with van der Waals surface area (Å²) in [6, 6.07) is 0. The number of allylic oxidation sites excluding steroid dienone is 22. The van der Waals surface area contributed by atoms with Gasteiger partial charge in [0.2, 0.25) is 0 Å². The molecule has 0 amide bonds. The average Bonchev–Trinajstić information content (AvgIpc) is 3.30. The van der Waals surface area contributed by atoms with Crippen LogP contribution >= 0.6 is 0 Å². The molecule has 0 bridgehead atoms. The van der Waals surface area contributed by atoms with E-state index in [2.05, 4.69) is 154 Å². The third-order valence-electron chi connectivity index (χ3n) is 10.1.